The predicted molar refractivity (Wildman–Crippen MR) is 128 cm³/mol. The number of hydrogen-bond donors (Lipinski definition) is 2. The molecule has 6 aliphatic rings. The van der Waals surface area contributed by atoms with Gasteiger partial charge in [0, 0.05) is 31.7 Å². The van der Waals surface area contributed by atoms with Crippen LogP contribution in [0, 0.1) is 23.2 Å². The van der Waals surface area contributed by atoms with E-state index in [9.17, 15) is 5.11 Å². The maximum absolute atomic E-state index is 11.3. The average molecular weight is 463 g/mol. The van der Waals surface area contributed by atoms with Crippen molar-refractivity contribution >= 4 is 5.82 Å². The Labute approximate surface area is 200 Å². The predicted octanol–water partition coefficient (Wildman–Crippen LogP) is 3.75. The zero-order valence-electron chi connectivity index (χ0n) is 19.7. The van der Waals surface area contributed by atoms with Gasteiger partial charge in [-0.05, 0) is 85.8 Å². The molecule has 4 aliphatic carbocycles. The fourth-order valence-electron chi connectivity index (χ4n) is 7.99. The van der Waals surface area contributed by atoms with Gasteiger partial charge >= 0.3 is 0 Å². The topological polar surface area (TPSA) is 79.7 Å². The van der Waals surface area contributed by atoms with Crippen molar-refractivity contribution < 1.29 is 14.6 Å². The molecule has 2 N–H and O–H groups in total. The third kappa shape index (κ3) is 3.64. The lowest BCUT2D eigenvalue weighted by atomic mass is 9.48. The summed E-state index contributed by atoms with van der Waals surface area (Å²) in [5.74, 6) is 5.13. The summed E-state index contributed by atoms with van der Waals surface area (Å²) in [6, 6.07) is 6.19. The number of hydrogen-bond acceptors (Lipinski definition) is 7. The molecule has 3 heterocycles. The summed E-state index contributed by atoms with van der Waals surface area (Å²) in [7, 11) is 0. The number of aliphatic hydroxyl groups is 1. The van der Waals surface area contributed by atoms with E-state index in [-0.39, 0.29) is 11.5 Å². The molecule has 180 valence electrons. The summed E-state index contributed by atoms with van der Waals surface area (Å²) in [4.78, 5) is 11.6. The van der Waals surface area contributed by atoms with Gasteiger partial charge in [-0.1, -0.05) is 6.07 Å². The van der Waals surface area contributed by atoms with E-state index in [4.69, 9.17) is 9.47 Å². The molecule has 1 aromatic carbocycles. The van der Waals surface area contributed by atoms with Gasteiger partial charge in [0.1, 0.15) is 12.1 Å². The van der Waals surface area contributed by atoms with Crippen LogP contribution in [0.5, 0.6) is 11.5 Å². The lowest BCUT2D eigenvalue weighted by Crippen LogP contribution is -2.53. The zero-order chi connectivity index (χ0) is 22.7. The number of benzene rings is 1. The zero-order valence-corrected chi connectivity index (χ0v) is 19.7. The van der Waals surface area contributed by atoms with Crippen LogP contribution in [0.3, 0.4) is 0 Å². The molecule has 7 nitrogen and oxygen atoms in total. The molecular weight excluding hydrogens is 428 g/mol. The number of rotatable bonds is 6. The molecule has 1 atom stereocenters. The third-order valence-electron chi connectivity index (χ3n) is 9.18. The number of ether oxygens (including phenoxy) is 2. The lowest BCUT2D eigenvalue weighted by Gasteiger charge is -2.58. The second kappa shape index (κ2) is 8.09. The third-order valence-corrected chi connectivity index (χ3v) is 9.18. The molecule has 0 spiro atoms. The van der Waals surface area contributed by atoms with E-state index in [0.717, 1.165) is 66.8 Å². The number of nitrogens with one attached hydrogen (secondary N) is 1. The first-order valence-electron chi connectivity index (χ1n) is 13.0. The van der Waals surface area contributed by atoms with Crippen molar-refractivity contribution in [2.24, 2.45) is 23.2 Å². The molecule has 0 amide bonds. The highest BCUT2D eigenvalue weighted by atomic mass is 16.7. The van der Waals surface area contributed by atoms with E-state index in [2.05, 4.69) is 32.3 Å². The van der Waals surface area contributed by atoms with Crippen molar-refractivity contribution in [3.63, 3.8) is 0 Å². The van der Waals surface area contributed by atoms with Gasteiger partial charge in [-0.25, -0.2) is 9.97 Å². The van der Waals surface area contributed by atoms with Gasteiger partial charge in [0.2, 0.25) is 6.79 Å². The van der Waals surface area contributed by atoms with Crippen molar-refractivity contribution in [3.8, 4) is 11.5 Å². The number of aromatic nitrogens is 2. The summed E-state index contributed by atoms with van der Waals surface area (Å²) in [6.45, 7) is 3.52. The quantitative estimate of drug-likeness (QED) is 0.677. The van der Waals surface area contributed by atoms with Crippen molar-refractivity contribution in [2.45, 2.75) is 64.1 Å². The SMILES string of the molecule is OC(CNc1ncnc2c1CCN(Cc1ccc3c(c1)OCO3)C2)C12CC3CC(CC(C3)C1)C2. The fraction of sp³-hybridized carbons (Fsp3) is 0.630. The van der Waals surface area contributed by atoms with Crippen molar-refractivity contribution in [3.05, 3.63) is 41.3 Å². The monoisotopic (exact) mass is 462 g/mol. The molecule has 34 heavy (non-hydrogen) atoms. The van der Waals surface area contributed by atoms with Gasteiger partial charge in [-0.2, -0.15) is 0 Å². The molecule has 7 heteroatoms. The Morgan fingerprint density at radius 2 is 1.82 bits per heavy atom. The molecule has 0 saturated heterocycles. The highest BCUT2D eigenvalue weighted by molar-refractivity contribution is 5.48. The van der Waals surface area contributed by atoms with E-state index >= 15 is 0 Å². The normalized spacial score (nSPS) is 32.0. The number of aliphatic hydroxyl groups excluding tert-OH is 1. The van der Waals surface area contributed by atoms with E-state index in [1.54, 1.807) is 6.33 Å². The Morgan fingerprint density at radius 1 is 1.06 bits per heavy atom. The molecule has 4 bridgehead atoms. The summed E-state index contributed by atoms with van der Waals surface area (Å²) in [5.41, 5.74) is 3.66. The largest absolute Gasteiger partial charge is 0.454 e. The van der Waals surface area contributed by atoms with Crippen LogP contribution in [0.25, 0.3) is 0 Å². The molecule has 4 saturated carbocycles. The summed E-state index contributed by atoms with van der Waals surface area (Å²) >= 11 is 0. The van der Waals surface area contributed by atoms with Crippen LogP contribution in [0.15, 0.2) is 24.5 Å². The first-order chi connectivity index (χ1) is 16.6. The van der Waals surface area contributed by atoms with Crippen molar-refractivity contribution in [2.75, 3.05) is 25.2 Å². The number of anilines is 1. The maximum atomic E-state index is 11.3. The van der Waals surface area contributed by atoms with E-state index in [1.165, 1.54) is 49.7 Å². The average Bonchev–Trinajstić information content (AvgIpc) is 3.29. The van der Waals surface area contributed by atoms with Crippen LogP contribution in [-0.2, 0) is 19.5 Å². The molecule has 2 aliphatic heterocycles. The van der Waals surface area contributed by atoms with Gasteiger partial charge in [0.05, 0.1) is 11.8 Å². The second-order valence-electron chi connectivity index (χ2n) is 11.5. The van der Waals surface area contributed by atoms with Crippen molar-refractivity contribution in [1.29, 1.82) is 0 Å². The summed E-state index contributed by atoms with van der Waals surface area (Å²) in [6.07, 6.45) is 10.2. The Kier molecular flexibility index (Phi) is 4.99. The smallest absolute Gasteiger partial charge is 0.231 e. The minimum absolute atomic E-state index is 0.135. The highest BCUT2D eigenvalue weighted by Gasteiger charge is 2.53. The van der Waals surface area contributed by atoms with E-state index in [1.807, 2.05) is 6.07 Å². The van der Waals surface area contributed by atoms with Gasteiger partial charge in [-0.3, -0.25) is 4.90 Å². The Balaban J connectivity index is 1.01. The highest BCUT2D eigenvalue weighted by Crippen LogP contribution is 2.61. The standard InChI is InChI=1S/C27H34N4O3/c32-25(27-9-18-5-19(10-27)7-20(6-18)11-27)12-28-26-21-3-4-31(14-22(21)29-15-30-26)13-17-1-2-23-24(8-17)34-16-33-23/h1-2,8,15,18-20,25,32H,3-7,9-14,16H2,(H,28,29,30). The Bertz CT molecular complexity index is 1050. The van der Waals surface area contributed by atoms with Crippen LogP contribution in [0.2, 0.25) is 0 Å². The minimum atomic E-state index is -0.294. The molecule has 2 aromatic rings. The minimum Gasteiger partial charge on any atom is -0.454 e. The molecule has 1 unspecified atom stereocenters. The van der Waals surface area contributed by atoms with Gasteiger partial charge in [-0.15, -0.1) is 0 Å². The van der Waals surface area contributed by atoms with Crippen LogP contribution in [-0.4, -0.2) is 46.0 Å². The molecule has 0 radical (unpaired) electrons. The molecule has 1 aromatic heterocycles. The Hall–Kier alpha value is -2.38. The van der Waals surface area contributed by atoms with Gasteiger partial charge in [0.25, 0.3) is 0 Å². The molecule has 4 fully saturated rings. The number of nitrogens with zero attached hydrogens (tertiary/aromatic N) is 3. The van der Waals surface area contributed by atoms with Crippen LogP contribution >= 0.6 is 0 Å². The first-order valence-corrected chi connectivity index (χ1v) is 13.0. The second-order valence-corrected chi connectivity index (χ2v) is 11.5. The van der Waals surface area contributed by atoms with Gasteiger partial charge < -0.3 is 19.9 Å². The van der Waals surface area contributed by atoms with E-state index in [0.29, 0.717) is 13.3 Å². The number of fused-ring (bicyclic) bond motifs is 2. The lowest BCUT2D eigenvalue weighted by molar-refractivity contribution is -0.115. The Morgan fingerprint density at radius 3 is 2.62 bits per heavy atom. The van der Waals surface area contributed by atoms with E-state index < -0.39 is 0 Å². The fourth-order valence-corrected chi connectivity index (χ4v) is 7.99. The summed E-state index contributed by atoms with van der Waals surface area (Å²) < 4.78 is 11.0. The maximum Gasteiger partial charge on any atom is 0.231 e. The van der Waals surface area contributed by atoms with Gasteiger partial charge in [0.15, 0.2) is 11.5 Å². The summed E-state index contributed by atoms with van der Waals surface area (Å²) in [5, 5.41) is 14.9. The molecular formula is C27H34N4O3. The van der Waals surface area contributed by atoms with Crippen LogP contribution in [0.4, 0.5) is 5.82 Å². The van der Waals surface area contributed by atoms with Crippen LogP contribution in [0.1, 0.15) is 55.3 Å². The van der Waals surface area contributed by atoms with Crippen molar-refractivity contribution in [1.82, 2.24) is 14.9 Å². The molecule has 8 rings (SSSR count). The first kappa shape index (κ1) is 20.9. The van der Waals surface area contributed by atoms with Crippen LogP contribution < -0.4 is 14.8 Å².